The second kappa shape index (κ2) is 10.6. The van der Waals surface area contributed by atoms with E-state index in [1.165, 1.54) is 16.0 Å². The minimum absolute atomic E-state index is 0.157. The number of hydrogen-bond donors (Lipinski definition) is 1. The summed E-state index contributed by atoms with van der Waals surface area (Å²) >= 11 is 15.1. The molecule has 2 aromatic carbocycles. The predicted octanol–water partition coefficient (Wildman–Crippen LogP) is 7.39. The van der Waals surface area contributed by atoms with Crippen molar-refractivity contribution in [2.24, 2.45) is 0 Å². The number of ether oxygens (including phenoxy) is 2. The standard InChI is InChI=1S/C31H29Cl2FN6O3S/c1-30(2)31(3,4)43-28(42-30)17-7-5-16(6-8-17)19-12-21(32)20-14-40(38-24(20)23(19)33)26(27(41)37-29-35-9-10-44-29)25-22-11-18(34)13-39(22)15-36-25/h5-10,12,14-15,18,26,28H,11,13H2,1-4H3,(H,35,37,41)/t18-,26-/m1/s1. The molecular formula is C31H29Cl2FN6O3S. The van der Waals surface area contributed by atoms with Crippen LogP contribution in [0, 0.1) is 0 Å². The highest BCUT2D eigenvalue weighted by Gasteiger charge is 2.49. The molecule has 1 saturated heterocycles. The number of halogens is 3. The van der Waals surface area contributed by atoms with Crippen molar-refractivity contribution in [2.45, 2.75) is 70.4 Å². The normalized spacial score (nSPS) is 19.8. The van der Waals surface area contributed by atoms with E-state index >= 15 is 0 Å². The van der Waals surface area contributed by atoms with E-state index in [1.54, 1.807) is 34.7 Å². The second-order valence-corrected chi connectivity index (χ2v) is 13.7. The molecule has 0 saturated carbocycles. The number of benzene rings is 2. The number of carbonyl (C=O) groups is 1. The van der Waals surface area contributed by atoms with E-state index < -0.39 is 35.6 Å². The summed E-state index contributed by atoms with van der Waals surface area (Å²) in [6.07, 6.45) is 3.45. The molecule has 2 aliphatic rings. The number of hydrogen-bond acceptors (Lipinski definition) is 7. The monoisotopic (exact) mass is 654 g/mol. The number of anilines is 1. The number of amides is 1. The number of nitrogens with one attached hydrogen (secondary N) is 1. The third-order valence-corrected chi connectivity index (χ3v) is 10.1. The van der Waals surface area contributed by atoms with Gasteiger partial charge in [0.05, 0.1) is 39.8 Å². The Hall–Kier alpha value is -3.35. The van der Waals surface area contributed by atoms with Crippen LogP contribution >= 0.6 is 34.5 Å². The van der Waals surface area contributed by atoms with Gasteiger partial charge in [0.15, 0.2) is 17.5 Å². The van der Waals surface area contributed by atoms with Crippen LogP contribution in [0.4, 0.5) is 9.52 Å². The first-order valence-corrected chi connectivity index (χ1v) is 15.8. The van der Waals surface area contributed by atoms with Crippen molar-refractivity contribution in [1.82, 2.24) is 24.3 Å². The number of thiazole rings is 1. The van der Waals surface area contributed by atoms with Crippen LogP contribution in [-0.2, 0) is 27.2 Å². The van der Waals surface area contributed by atoms with Gasteiger partial charge >= 0.3 is 0 Å². The SMILES string of the molecule is CC1(C)OC(c2ccc(-c3cc(Cl)c4cn([C@@H](C(=O)Nc5nccs5)c5ncn6c5C[C@@H](F)C6)nc4c3Cl)cc2)OC1(C)C. The predicted molar refractivity (Wildman–Crippen MR) is 168 cm³/mol. The molecule has 0 aliphatic carbocycles. The van der Waals surface area contributed by atoms with Crippen molar-refractivity contribution < 1.29 is 18.7 Å². The molecule has 5 aromatic rings. The zero-order valence-corrected chi connectivity index (χ0v) is 26.7. The molecule has 0 radical (unpaired) electrons. The van der Waals surface area contributed by atoms with E-state index in [0.717, 1.165) is 11.1 Å². The highest BCUT2D eigenvalue weighted by molar-refractivity contribution is 7.13. The Labute approximate surface area is 266 Å². The highest BCUT2D eigenvalue weighted by Crippen LogP contribution is 2.45. The summed E-state index contributed by atoms with van der Waals surface area (Å²) in [7, 11) is 0. The first kappa shape index (κ1) is 29.4. The van der Waals surface area contributed by atoms with E-state index in [9.17, 15) is 9.18 Å². The van der Waals surface area contributed by atoms with Crippen LogP contribution in [0.2, 0.25) is 10.0 Å². The zero-order valence-electron chi connectivity index (χ0n) is 24.3. The van der Waals surface area contributed by atoms with Crippen molar-refractivity contribution >= 4 is 56.5 Å². The number of rotatable bonds is 6. The minimum Gasteiger partial charge on any atom is -0.339 e. The smallest absolute Gasteiger partial charge is 0.257 e. The Kier molecular flexibility index (Phi) is 7.09. The molecular weight excluding hydrogens is 626 g/mol. The molecule has 1 N–H and O–H groups in total. The van der Waals surface area contributed by atoms with E-state index in [2.05, 4.69) is 15.3 Å². The maximum absolute atomic E-state index is 14.3. The van der Waals surface area contributed by atoms with Gasteiger partial charge in [-0.2, -0.15) is 5.10 Å². The number of fused-ring (bicyclic) bond motifs is 2. The van der Waals surface area contributed by atoms with Crippen LogP contribution in [-0.4, -0.2) is 47.6 Å². The van der Waals surface area contributed by atoms with E-state index in [0.29, 0.717) is 43.0 Å². The molecule has 2 aliphatic heterocycles. The number of imidazole rings is 1. The Morgan fingerprint density at radius 3 is 2.55 bits per heavy atom. The average molecular weight is 656 g/mol. The molecule has 2 atom stereocenters. The first-order chi connectivity index (χ1) is 20.9. The fourth-order valence-electron chi connectivity index (χ4n) is 5.61. The molecule has 3 aromatic heterocycles. The van der Waals surface area contributed by atoms with Gasteiger partial charge in [-0.1, -0.05) is 47.5 Å². The van der Waals surface area contributed by atoms with E-state index in [1.807, 2.05) is 52.0 Å². The molecule has 9 nitrogen and oxygen atoms in total. The van der Waals surface area contributed by atoms with Gasteiger partial charge in [0.1, 0.15) is 11.7 Å². The van der Waals surface area contributed by atoms with Crippen LogP contribution in [0.5, 0.6) is 0 Å². The van der Waals surface area contributed by atoms with Crippen molar-refractivity contribution in [1.29, 1.82) is 0 Å². The fraction of sp³-hybridized carbons (Fsp3) is 0.355. The molecule has 0 spiro atoms. The van der Waals surface area contributed by atoms with Crippen LogP contribution < -0.4 is 5.32 Å². The molecule has 13 heteroatoms. The second-order valence-electron chi connectivity index (χ2n) is 12.1. The van der Waals surface area contributed by atoms with Gasteiger partial charge in [0.2, 0.25) is 0 Å². The van der Waals surface area contributed by atoms with E-state index in [-0.39, 0.29) is 13.0 Å². The summed E-state index contributed by atoms with van der Waals surface area (Å²) in [5.41, 5.74) is 2.99. The van der Waals surface area contributed by atoms with Crippen molar-refractivity contribution in [3.8, 4) is 11.1 Å². The molecule has 1 amide bonds. The van der Waals surface area contributed by atoms with Crippen molar-refractivity contribution in [3.63, 3.8) is 0 Å². The summed E-state index contributed by atoms with van der Waals surface area (Å²) in [6, 6.07) is 8.54. The number of aromatic nitrogens is 5. The van der Waals surface area contributed by atoms with Gasteiger partial charge in [0, 0.05) is 46.4 Å². The number of alkyl halides is 1. The Balaban J connectivity index is 1.26. The third kappa shape index (κ3) is 4.91. The third-order valence-electron chi connectivity index (χ3n) is 8.67. The Morgan fingerprint density at radius 2 is 1.86 bits per heavy atom. The quantitative estimate of drug-likeness (QED) is 0.205. The van der Waals surface area contributed by atoms with E-state index in [4.69, 9.17) is 37.8 Å². The molecule has 0 unspecified atom stereocenters. The van der Waals surface area contributed by atoms with Gasteiger partial charge < -0.3 is 14.0 Å². The van der Waals surface area contributed by atoms with Crippen LogP contribution in [0.1, 0.15) is 57.0 Å². The topological polar surface area (TPSA) is 96.1 Å². The number of carbonyl (C=O) groups excluding carboxylic acids is 1. The van der Waals surface area contributed by atoms with Crippen LogP contribution in [0.3, 0.4) is 0 Å². The molecule has 0 bridgehead atoms. The van der Waals surface area contributed by atoms with Crippen molar-refractivity contribution in [3.05, 3.63) is 81.4 Å². The summed E-state index contributed by atoms with van der Waals surface area (Å²) in [6.45, 7) is 8.26. The molecule has 5 heterocycles. The fourth-order valence-corrected chi connectivity index (χ4v) is 6.69. The van der Waals surface area contributed by atoms with Crippen LogP contribution in [0.15, 0.2) is 54.4 Å². The van der Waals surface area contributed by atoms with Gasteiger partial charge in [-0.05, 0) is 39.3 Å². The lowest BCUT2D eigenvalue weighted by molar-refractivity contribution is -0.118. The summed E-state index contributed by atoms with van der Waals surface area (Å²) in [4.78, 5) is 22.4. The lowest BCUT2D eigenvalue weighted by Gasteiger charge is -2.30. The molecule has 7 rings (SSSR count). The van der Waals surface area contributed by atoms with Gasteiger partial charge in [-0.3, -0.25) is 14.8 Å². The zero-order chi connectivity index (χ0) is 31.0. The van der Waals surface area contributed by atoms with Crippen LogP contribution in [0.25, 0.3) is 22.0 Å². The molecule has 44 heavy (non-hydrogen) atoms. The lowest BCUT2D eigenvalue weighted by atomic mass is 9.90. The number of nitrogens with zero attached hydrogens (tertiary/aromatic N) is 5. The van der Waals surface area contributed by atoms with Gasteiger partial charge in [-0.15, -0.1) is 11.3 Å². The molecule has 1 fully saturated rings. The largest absolute Gasteiger partial charge is 0.339 e. The Morgan fingerprint density at radius 1 is 1.14 bits per heavy atom. The maximum Gasteiger partial charge on any atom is 0.257 e. The Bertz CT molecular complexity index is 1870. The summed E-state index contributed by atoms with van der Waals surface area (Å²) in [5, 5.41) is 11.2. The van der Waals surface area contributed by atoms with Gasteiger partial charge in [-0.25, -0.2) is 14.4 Å². The highest BCUT2D eigenvalue weighted by atomic mass is 35.5. The maximum atomic E-state index is 14.3. The lowest BCUT2D eigenvalue weighted by Crippen LogP contribution is -2.41. The average Bonchev–Trinajstić information content (AvgIpc) is 3.79. The summed E-state index contributed by atoms with van der Waals surface area (Å²) < 4.78 is 29.9. The molecule has 228 valence electrons. The van der Waals surface area contributed by atoms with Crippen molar-refractivity contribution in [2.75, 3.05) is 5.32 Å². The first-order valence-electron chi connectivity index (χ1n) is 14.1. The summed E-state index contributed by atoms with van der Waals surface area (Å²) in [5.74, 6) is -0.415. The van der Waals surface area contributed by atoms with Gasteiger partial charge in [0.25, 0.3) is 5.91 Å². The minimum atomic E-state index is -1.05.